The predicted molar refractivity (Wildman–Crippen MR) is 97.4 cm³/mol. The second-order valence-electron chi connectivity index (χ2n) is 7.57. The molecule has 0 spiro atoms. The number of esters is 1. The van der Waals surface area contributed by atoms with Gasteiger partial charge in [0.1, 0.15) is 17.7 Å². The number of rotatable bonds is 7. The van der Waals surface area contributed by atoms with E-state index >= 15 is 0 Å². The highest BCUT2D eigenvalue weighted by molar-refractivity contribution is 6.74. The second-order valence-corrected chi connectivity index (χ2v) is 12.4. The molecule has 0 aliphatic rings. The molecule has 0 heterocycles. The van der Waals surface area contributed by atoms with Crippen LogP contribution in [0.2, 0.25) is 18.1 Å². The monoisotopic (exact) mass is 387 g/mol. The lowest BCUT2D eigenvalue weighted by atomic mass is 10.1. The van der Waals surface area contributed by atoms with Crippen LogP contribution in [-0.4, -0.2) is 40.0 Å². The van der Waals surface area contributed by atoms with Gasteiger partial charge in [-0.15, -0.1) is 0 Å². The topological polar surface area (TPSA) is 64.6 Å². The minimum Gasteiger partial charge on any atom is -0.467 e. The van der Waals surface area contributed by atoms with Gasteiger partial charge in [-0.25, -0.2) is 13.6 Å². The van der Waals surface area contributed by atoms with E-state index < -0.39 is 37.9 Å². The largest absolute Gasteiger partial charge is 0.467 e. The Labute approximate surface area is 154 Å². The third-order valence-electron chi connectivity index (χ3n) is 4.64. The number of hydrogen-bond acceptors (Lipinski definition) is 4. The molecule has 1 rings (SSSR count). The highest BCUT2D eigenvalue weighted by atomic mass is 28.4. The number of methoxy groups -OCH3 is 1. The Kier molecular flexibility index (Phi) is 7.46. The lowest BCUT2D eigenvalue weighted by Gasteiger charge is -2.36. The van der Waals surface area contributed by atoms with E-state index in [9.17, 15) is 18.4 Å². The Morgan fingerprint density at radius 1 is 1.23 bits per heavy atom. The zero-order valence-corrected chi connectivity index (χ0v) is 17.1. The highest BCUT2D eigenvalue weighted by Crippen LogP contribution is 2.36. The third kappa shape index (κ3) is 5.88. The van der Waals surface area contributed by atoms with Crippen LogP contribution in [0.1, 0.15) is 37.6 Å². The zero-order chi connectivity index (χ0) is 20.1. The average Bonchev–Trinajstić information content (AvgIpc) is 2.51. The zero-order valence-electron chi connectivity index (χ0n) is 16.1. The molecule has 0 saturated carbocycles. The van der Waals surface area contributed by atoms with Gasteiger partial charge in [0.2, 0.25) is 0 Å². The maximum absolute atomic E-state index is 13.7. The maximum Gasteiger partial charge on any atom is 0.328 e. The number of nitrogens with one attached hydrogen (secondary N) is 1. The Morgan fingerprint density at radius 3 is 2.35 bits per heavy atom. The molecule has 5 nitrogen and oxygen atoms in total. The number of amides is 1. The summed E-state index contributed by atoms with van der Waals surface area (Å²) in [5.74, 6) is -3.25. The predicted octanol–water partition coefficient (Wildman–Crippen LogP) is 3.65. The van der Waals surface area contributed by atoms with Crippen molar-refractivity contribution in [3.8, 4) is 0 Å². The number of benzene rings is 1. The summed E-state index contributed by atoms with van der Waals surface area (Å²) in [4.78, 5) is 24.1. The molecule has 1 atom stereocenters. The lowest BCUT2D eigenvalue weighted by molar-refractivity contribution is -0.143. The number of ether oxygens (including phenoxy) is 1. The first-order valence-electron chi connectivity index (χ1n) is 8.37. The molecule has 0 aliphatic carbocycles. The molecule has 1 amide bonds. The molecule has 8 heteroatoms. The van der Waals surface area contributed by atoms with Gasteiger partial charge in [0, 0.05) is 19.1 Å². The van der Waals surface area contributed by atoms with Gasteiger partial charge >= 0.3 is 5.97 Å². The first-order chi connectivity index (χ1) is 11.9. The van der Waals surface area contributed by atoms with Gasteiger partial charge in [-0.05, 0) is 30.3 Å². The highest BCUT2D eigenvalue weighted by Gasteiger charge is 2.37. The first kappa shape index (κ1) is 22.2. The van der Waals surface area contributed by atoms with Gasteiger partial charge in [0.25, 0.3) is 5.91 Å². The molecule has 146 valence electrons. The van der Waals surface area contributed by atoms with Crippen LogP contribution >= 0.6 is 0 Å². The fourth-order valence-electron chi connectivity index (χ4n) is 1.95. The molecule has 1 aromatic carbocycles. The van der Waals surface area contributed by atoms with E-state index in [1.54, 1.807) is 0 Å². The van der Waals surface area contributed by atoms with E-state index in [2.05, 4.69) is 39.2 Å². The normalized spacial score (nSPS) is 13.2. The minimum atomic E-state index is -2.00. The molecule has 26 heavy (non-hydrogen) atoms. The van der Waals surface area contributed by atoms with Gasteiger partial charge in [-0.2, -0.15) is 0 Å². The van der Waals surface area contributed by atoms with Crippen molar-refractivity contribution in [2.75, 3.05) is 13.7 Å². The third-order valence-corrected chi connectivity index (χ3v) is 9.18. The van der Waals surface area contributed by atoms with E-state index in [-0.39, 0.29) is 23.6 Å². The standard InChI is InChI=1S/C18H27F2NO4Si/c1-18(2,3)26(5,6)25-10-9-15(17(23)24-4)21-16(22)13-8-7-12(19)11-14(13)20/h7-8,11,15H,9-10H2,1-6H3,(H,21,22)/t15-/m0/s1. The molecular weight excluding hydrogens is 360 g/mol. The maximum atomic E-state index is 13.7. The van der Waals surface area contributed by atoms with Gasteiger partial charge in [-0.1, -0.05) is 20.8 Å². The minimum absolute atomic E-state index is 0.00818. The van der Waals surface area contributed by atoms with E-state index in [1.807, 2.05) is 0 Å². The number of carbonyl (C=O) groups excluding carboxylic acids is 2. The SMILES string of the molecule is COC(=O)[C@H](CCO[Si](C)(C)C(C)(C)C)NC(=O)c1ccc(F)cc1F. The molecule has 0 saturated heterocycles. The number of halogens is 2. The van der Waals surface area contributed by atoms with Crippen LogP contribution in [-0.2, 0) is 14.0 Å². The van der Waals surface area contributed by atoms with Crippen LogP contribution in [0.4, 0.5) is 8.78 Å². The van der Waals surface area contributed by atoms with Crippen molar-refractivity contribution in [3.05, 3.63) is 35.4 Å². The molecule has 0 radical (unpaired) electrons. The van der Waals surface area contributed by atoms with Crippen molar-refractivity contribution in [2.45, 2.75) is 51.4 Å². The summed E-state index contributed by atoms with van der Waals surface area (Å²) < 4.78 is 37.4. The summed E-state index contributed by atoms with van der Waals surface area (Å²) in [5.41, 5.74) is -0.342. The fourth-order valence-corrected chi connectivity index (χ4v) is 3.01. The Bertz CT molecular complexity index is 659. The van der Waals surface area contributed by atoms with Crippen molar-refractivity contribution in [3.63, 3.8) is 0 Å². The van der Waals surface area contributed by atoms with Gasteiger partial charge < -0.3 is 14.5 Å². The number of carbonyl (C=O) groups is 2. The van der Waals surface area contributed by atoms with Crippen molar-refractivity contribution < 1.29 is 27.5 Å². The Hall–Kier alpha value is -1.80. The first-order valence-corrected chi connectivity index (χ1v) is 11.3. The molecule has 1 aromatic rings. The van der Waals surface area contributed by atoms with Crippen molar-refractivity contribution >= 4 is 20.2 Å². The second kappa shape index (κ2) is 8.72. The molecule has 0 unspecified atom stereocenters. The quantitative estimate of drug-likeness (QED) is 0.573. The van der Waals surface area contributed by atoms with Crippen molar-refractivity contribution in [1.29, 1.82) is 0 Å². The number of hydrogen-bond donors (Lipinski definition) is 1. The van der Waals surface area contributed by atoms with E-state index in [4.69, 9.17) is 9.16 Å². The Balaban J connectivity index is 2.79. The summed E-state index contributed by atoms with van der Waals surface area (Å²) in [7, 11) is -0.799. The van der Waals surface area contributed by atoms with Crippen molar-refractivity contribution in [2.24, 2.45) is 0 Å². The fraction of sp³-hybridized carbons (Fsp3) is 0.556. The van der Waals surface area contributed by atoms with Crippen LogP contribution in [0.15, 0.2) is 18.2 Å². The average molecular weight is 387 g/mol. The van der Waals surface area contributed by atoms with Crippen LogP contribution in [0, 0.1) is 11.6 Å². The Morgan fingerprint density at radius 2 is 1.85 bits per heavy atom. The molecule has 0 aromatic heterocycles. The summed E-state index contributed by atoms with van der Waals surface area (Å²) in [5, 5.41) is 2.44. The van der Waals surface area contributed by atoms with Crippen molar-refractivity contribution in [1.82, 2.24) is 5.32 Å². The van der Waals surface area contributed by atoms with Crippen LogP contribution in [0.5, 0.6) is 0 Å². The van der Waals surface area contributed by atoms with Crippen LogP contribution in [0.3, 0.4) is 0 Å². The van der Waals surface area contributed by atoms with E-state index in [0.29, 0.717) is 6.07 Å². The summed E-state index contributed by atoms with van der Waals surface area (Å²) in [6.07, 6.45) is 0.188. The summed E-state index contributed by atoms with van der Waals surface area (Å²) in [6.45, 7) is 10.7. The van der Waals surface area contributed by atoms with E-state index in [1.165, 1.54) is 7.11 Å². The smallest absolute Gasteiger partial charge is 0.328 e. The van der Waals surface area contributed by atoms with Crippen LogP contribution in [0.25, 0.3) is 0 Å². The summed E-state index contributed by atoms with van der Waals surface area (Å²) >= 11 is 0. The summed E-state index contributed by atoms with van der Waals surface area (Å²) in [6, 6.07) is 1.64. The lowest BCUT2D eigenvalue weighted by Crippen LogP contribution is -2.45. The van der Waals surface area contributed by atoms with E-state index in [0.717, 1.165) is 12.1 Å². The van der Waals surface area contributed by atoms with Gasteiger partial charge in [0.05, 0.1) is 12.7 Å². The molecular formula is C18H27F2NO4Si. The molecule has 0 aliphatic heterocycles. The molecule has 0 bridgehead atoms. The molecule has 1 N–H and O–H groups in total. The van der Waals surface area contributed by atoms with Crippen LogP contribution < -0.4 is 5.32 Å². The van der Waals surface area contributed by atoms with Gasteiger partial charge in [0.15, 0.2) is 8.32 Å². The van der Waals surface area contributed by atoms with Gasteiger partial charge in [-0.3, -0.25) is 4.79 Å². The molecule has 0 fully saturated rings.